The standard InChI is InChI=1S/C25H21B3N6O5S/c1-37-19-9-20-17(8-16(19)14-10-29-30-11-14)22-18(12-39-20)21(31-34(22)15-2-7-40-13-15)23(35)33(25(26,27)28)4-3-32-5-6-38-24(32)36/h2,7-11,13H,3-6,12H2,1H3,(H,29,30). The number of ether oxygens (including phenoxy) is 3. The highest BCUT2D eigenvalue weighted by molar-refractivity contribution is 7.08. The van der Waals surface area contributed by atoms with Crippen molar-refractivity contribution in [2.75, 3.05) is 33.4 Å². The van der Waals surface area contributed by atoms with Crippen LogP contribution in [0.2, 0.25) is 0 Å². The third-order valence-electron chi connectivity index (χ3n) is 6.83. The Morgan fingerprint density at radius 1 is 1.27 bits per heavy atom. The van der Waals surface area contributed by atoms with E-state index in [0.29, 0.717) is 34.9 Å². The molecule has 0 saturated carbocycles. The lowest BCUT2D eigenvalue weighted by atomic mass is 9.48. The molecule has 4 aromatic rings. The minimum absolute atomic E-state index is 0.0310. The molecular weight excluding hydrogens is 529 g/mol. The summed E-state index contributed by atoms with van der Waals surface area (Å²) in [6, 6.07) is 5.63. The number of aromatic nitrogens is 4. The van der Waals surface area contributed by atoms with E-state index in [2.05, 4.69) is 10.2 Å². The van der Waals surface area contributed by atoms with Crippen LogP contribution in [-0.2, 0) is 11.3 Å². The van der Waals surface area contributed by atoms with Crippen LogP contribution in [0.5, 0.6) is 11.5 Å². The molecule has 2 amide bonds. The zero-order valence-corrected chi connectivity index (χ0v) is 22.3. The van der Waals surface area contributed by atoms with E-state index in [4.69, 9.17) is 42.8 Å². The number of nitrogens with zero attached hydrogens (tertiary/aromatic N) is 5. The Hall–Kier alpha value is -4.13. The van der Waals surface area contributed by atoms with Crippen LogP contribution in [-0.4, -0.2) is 104 Å². The second-order valence-electron chi connectivity index (χ2n) is 9.34. The van der Waals surface area contributed by atoms with Gasteiger partial charge in [0.05, 0.1) is 54.8 Å². The molecule has 2 aliphatic rings. The van der Waals surface area contributed by atoms with Crippen molar-refractivity contribution < 1.29 is 23.8 Å². The first-order valence-corrected chi connectivity index (χ1v) is 13.3. The number of H-pyrrole nitrogens is 1. The van der Waals surface area contributed by atoms with Crippen molar-refractivity contribution in [3.63, 3.8) is 0 Å². The summed E-state index contributed by atoms with van der Waals surface area (Å²) >= 11 is 1.50. The molecule has 40 heavy (non-hydrogen) atoms. The molecule has 0 unspecified atom stereocenters. The Kier molecular flexibility index (Phi) is 6.61. The largest absolute Gasteiger partial charge is 0.496 e. The van der Waals surface area contributed by atoms with Gasteiger partial charge in [-0.15, -0.1) is 0 Å². The molecule has 2 aliphatic heterocycles. The summed E-state index contributed by atoms with van der Waals surface area (Å²) in [5.41, 5.74) is 4.37. The van der Waals surface area contributed by atoms with E-state index < -0.39 is 17.2 Å². The Morgan fingerprint density at radius 3 is 2.77 bits per heavy atom. The van der Waals surface area contributed by atoms with Gasteiger partial charge in [-0.2, -0.15) is 21.5 Å². The number of nitrogens with one attached hydrogen (secondary N) is 1. The molecule has 1 saturated heterocycles. The molecule has 5 heterocycles. The zero-order valence-electron chi connectivity index (χ0n) is 21.5. The third kappa shape index (κ3) is 4.53. The van der Waals surface area contributed by atoms with Gasteiger partial charge in [0.25, 0.3) is 5.91 Å². The molecule has 0 bridgehead atoms. The molecule has 11 nitrogen and oxygen atoms in total. The first kappa shape index (κ1) is 26.1. The summed E-state index contributed by atoms with van der Waals surface area (Å²) in [5, 5.41) is 13.4. The van der Waals surface area contributed by atoms with E-state index in [0.717, 1.165) is 21.7 Å². The number of cyclic esters (lactones) is 1. The first-order chi connectivity index (χ1) is 19.3. The van der Waals surface area contributed by atoms with Crippen molar-refractivity contribution in [2.24, 2.45) is 0 Å². The molecule has 1 aromatic carbocycles. The van der Waals surface area contributed by atoms with Gasteiger partial charge in [-0.3, -0.25) is 9.89 Å². The lowest BCUT2D eigenvalue weighted by molar-refractivity contribution is 0.0725. The number of thiophene rings is 1. The van der Waals surface area contributed by atoms with Gasteiger partial charge in [-0.25, -0.2) is 9.48 Å². The maximum absolute atomic E-state index is 14.0. The summed E-state index contributed by atoms with van der Waals surface area (Å²) in [4.78, 5) is 28.5. The van der Waals surface area contributed by atoms with Crippen LogP contribution in [0.3, 0.4) is 0 Å². The Bertz CT molecular complexity index is 1570. The van der Waals surface area contributed by atoms with E-state index >= 15 is 0 Å². The van der Waals surface area contributed by atoms with Gasteiger partial charge in [-0.1, -0.05) is 5.24 Å². The highest BCUT2D eigenvalue weighted by atomic mass is 32.1. The molecule has 6 radical (unpaired) electrons. The van der Waals surface area contributed by atoms with Gasteiger partial charge in [0.15, 0.2) is 5.69 Å². The lowest BCUT2D eigenvalue weighted by Crippen LogP contribution is -2.56. The van der Waals surface area contributed by atoms with Crippen LogP contribution in [0.25, 0.3) is 28.1 Å². The Labute approximate surface area is 237 Å². The molecule has 0 spiro atoms. The quantitative estimate of drug-likeness (QED) is 0.334. The van der Waals surface area contributed by atoms with Crippen molar-refractivity contribution in [3.05, 3.63) is 52.6 Å². The number of carbonyl (C=O) groups excluding carboxylic acids is 2. The van der Waals surface area contributed by atoms with E-state index in [1.54, 1.807) is 30.3 Å². The van der Waals surface area contributed by atoms with E-state index in [9.17, 15) is 9.59 Å². The second-order valence-corrected chi connectivity index (χ2v) is 10.1. The minimum Gasteiger partial charge on any atom is -0.496 e. The van der Waals surface area contributed by atoms with Gasteiger partial charge < -0.3 is 24.0 Å². The van der Waals surface area contributed by atoms with Crippen molar-refractivity contribution in [1.82, 2.24) is 29.8 Å². The number of methoxy groups -OCH3 is 1. The number of fused-ring (bicyclic) bond motifs is 3. The van der Waals surface area contributed by atoms with Crippen LogP contribution >= 0.6 is 11.3 Å². The van der Waals surface area contributed by atoms with E-state index in [-0.39, 0.29) is 32.0 Å². The molecule has 6 rings (SSSR count). The molecule has 3 aromatic heterocycles. The number of rotatable bonds is 8. The molecule has 196 valence electrons. The lowest BCUT2D eigenvalue weighted by Gasteiger charge is -2.38. The highest BCUT2D eigenvalue weighted by Gasteiger charge is 2.36. The average Bonchev–Trinajstić information content (AvgIpc) is 3.74. The number of carbonyl (C=O) groups is 2. The Morgan fingerprint density at radius 2 is 2.12 bits per heavy atom. The van der Waals surface area contributed by atoms with Crippen molar-refractivity contribution in [2.45, 2.75) is 11.8 Å². The Balaban J connectivity index is 1.46. The highest BCUT2D eigenvalue weighted by Crippen LogP contribution is 2.46. The molecule has 1 fully saturated rings. The van der Waals surface area contributed by atoms with Crippen LogP contribution in [0.1, 0.15) is 16.1 Å². The maximum atomic E-state index is 14.0. The summed E-state index contributed by atoms with van der Waals surface area (Å²) < 4.78 is 18.4. The molecule has 0 aliphatic carbocycles. The molecular formula is C25H21B3N6O5S. The number of aromatic amines is 1. The fourth-order valence-corrected chi connectivity index (χ4v) is 5.47. The molecule has 1 N–H and O–H groups in total. The summed E-state index contributed by atoms with van der Waals surface area (Å²) in [6.45, 7) is 0.825. The van der Waals surface area contributed by atoms with Gasteiger partial charge in [0.1, 0.15) is 24.7 Å². The monoisotopic (exact) mass is 550 g/mol. The predicted molar refractivity (Wildman–Crippen MR) is 149 cm³/mol. The maximum Gasteiger partial charge on any atom is 0.409 e. The zero-order chi connectivity index (χ0) is 28.0. The number of benzene rings is 1. The predicted octanol–water partition coefficient (Wildman–Crippen LogP) is 1.90. The number of hydrogen-bond donors (Lipinski definition) is 1. The number of amides is 2. The minimum atomic E-state index is -2.02. The average molecular weight is 550 g/mol. The van der Waals surface area contributed by atoms with Crippen LogP contribution in [0.4, 0.5) is 4.79 Å². The van der Waals surface area contributed by atoms with E-state index in [1.165, 1.54) is 16.2 Å². The van der Waals surface area contributed by atoms with Gasteiger partial charge in [0, 0.05) is 53.0 Å². The first-order valence-electron chi connectivity index (χ1n) is 12.4. The fraction of sp³-hybridized carbons (Fsp3) is 0.280. The third-order valence-corrected chi connectivity index (χ3v) is 7.50. The van der Waals surface area contributed by atoms with Gasteiger partial charge in [-0.05, 0) is 17.5 Å². The fourth-order valence-electron chi connectivity index (χ4n) is 4.86. The summed E-state index contributed by atoms with van der Waals surface area (Å²) in [5.74, 6) is 0.579. The number of hydrogen-bond acceptors (Lipinski definition) is 8. The summed E-state index contributed by atoms with van der Waals surface area (Å²) in [6.07, 6.45) is 2.98. The van der Waals surface area contributed by atoms with Crippen molar-refractivity contribution in [1.29, 1.82) is 0 Å². The molecule has 0 atom stereocenters. The summed E-state index contributed by atoms with van der Waals surface area (Å²) in [7, 11) is 19.7. The smallest absolute Gasteiger partial charge is 0.409 e. The topological polar surface area (TPSA) is 115 Å². The van der Waals surface area contributed by atoms with Crippen molar-refractivity contribution in [3.8, 4) is 39.6 Å². The van der Waals surface area contributed by atoms with Crippen LogP contribution in [0, 0.1) is 0 Å². The molecule has 15 heteroatoms. The second kappa shape index (κ2) is 10.1. The van der Waals surface area contributed by atoms with Gasteiger partial charge >= 0.3 is 6.09 Å². The SMILES string of the molecule is [B]C([B])([B])N(CCN1CCOC1=O)C(=O)c1nn(-c2ccsc2)c2c1COc1cc(OC)c(-c3cn[nH]c3)cc1-2. The van der Waals surface area contributed by atoms with Gasteiger partial charge in [0.2, 0.25) is 0 Å². The van der Waals surface area contributed by atoms with E-state index in [1.807, 2.05) is 22.9 Å². The van der Waals surface area contributed by atoms with Crippen LogP contribution < -0.4 is 9.47 Å². The normalized spacial score (nSPS) is 14.3. The van der Waals surface area contributed by atoms with Crippen LogP contribution in [0.15, 0.2) is 41.4 Å². The van der Waals surface area contributed by atoms with Crippen molar-refractivity contribution >= 4 is 46.9 Å².